The van der Waals surface area contributed by atoms with Crippen LogP contribution in [0.3, 0.4) is 0 Å². The number of nitrogens with one attached hydrogen (secondary N) is 1. The van der Waals surface area contributed by atoms with Gasteiger partial charge in [-0.05, 0) is 12.1 Å². The van der Waals surface area contributed by atoms with Crippen molar-refractivity contribution in [1.29, 1.82) is 0 Å². The van der Waals surface area contributed by atoms with Crippen LogP contribution in [0.4, 0.5) is 5.95 Å². The Morgan fingerprint density at radius 3 is 2.96 bits per heavy atom. The number of fused-ring (bicyclic) bond motifs is 2. The maximum absolute atomic E-state index is 12.4. The van der Waals surface area contributed by atoms with Gasteiger partial charge in [-0.2, -0.15) is 0 Å². The van der Waals surface area contributed by atoms with Gasteiger partial charge in [0.2, 0.25) is 5.95 Å². The molecule has 0 radical (unpaired) electrons. The van der Waals surface area contributed by atoms with Gasteiger partial charge in [0.25, 0.3) is 11.5 Å². The molecule has 1 N–H and O–H groups in total. The number of hydrogen-bond donors (Lipinski definition) is 1. The number of rotatable bonds is 2. The number of anilines is 1. The number of carbonyl (C=O) groups is 1. The van der Waals surface area contributed by atoms with Gasteiger partial charge < -0.3 is 4.57 Å². The van der Waals surface area contributed by atoms with E-state index in [1.165, 1.54) is 21.9 Å². The lowest BCUT2D eigenvalue weighted by Gasteiger charge is -2.04. The van der Waals surface area contributed by atoms with Crippen LogP contribution >= 0.6 is 11.3 Å². The lowest BCUT2D eigenvalue weighted by atomic mass is 10.3. The van der Waals surface area contributed by atoms with Gasteiger partial charge in [0.05, 0.1) is 11.0 Å². The van der Waals surface area contributed by atoms with Crippen molar-refractivity contribution in [1.82, 2.24) is 18.9 Å². The van der Waals surface area contributed by atoms with Crippen molar-refractivity contribution in [2.45, 2.75) is 0 Å². The topological polar surface area (TPSA) is 81.3 Å². The van der Waals surface area contributed by atoms with Crippen molar-refractivity contribution in [3.63, 3.8) is 0 Å². The van der Waals surface area contributed by atoms with Crippen LogP contribution in [0, 0.1) is 0 Å². The molecule has 7 nitrogen and oxygen atoms in total. The molecule has 0 bridgehead atoms. The molecule has 3 heterocycles. The molecule has 0 fully saturated rings. The average molecular weight is 325 g/mol. The average Bonchev–Trinajstić information content (AvgIpc) is 3.14. The molecule has 3 aromatic heterocycles. The number of imidazole rings is 1. The highest BCUT2D eigenvalue weighted by Gasteiger charge is 2.16. The predicted octanol–water partition coefficient (Wildman–Crippen LogP) is 1.89. The Morgan fingerprint density at radius 1 is 1.30 bits per heavy atom. The number of hydrogen-bond acceptors (Lipinski definition) is 5. The molecule has 4 aromatic rings. The Bertz CT molecular complexity index is 1110. The van der Waals surface area contributed by atoms with Crippen LogP contribution in [0.25, 0.3) is 16.0 Å². The zero-order chi connectivity index (χ0) is 16.0. The van der Waals surface area contributed by atoms with Crippen LogP contribution in [0.15, 0.2) is 46.8 Å². The molecule has 0 unspecified atom stereocenters. The second-order valence-electron chi connectivity index (χ2n) is 4.97. The van der Waals surface area contributed by atoms with E-state index >= 15 is 0 Å². The van der Waals surface area contributed by atoms with E-state index in [1.54, 1.807) is 23.2 Å². The van der Waals surface area contributed by atoms with Gasteiger partial charge >= 0.3 is 0 Å². The van der Waals surface area contributed by atoms with E-state index in [0.29, 0.717) is 10.9 Å². The number of aromatic nitrogens is 4. The molecule has 1 amide bonds. The summed E-state index contributed by atoms with van der Waals surface area (Å²) in [5.41, 5.74) is 1.25. The highest BCUT2D eigenvalue weighted by Crippen LogP contribution is 2.17. The van der Waals surface area contributed by atoms with E-state index in [4.69, 9.17) is 0 Å². The van der Waals surface area contributed by atoms with Crippen LogP contribution in [0.5, 0.6) is 0 Å². The van der Waals surface area contributed by atoms with Crippen molar-refractivity contribution in [3.8, 4) is 0 Å². The fourth-order valence-corrected chi connectivity index (χ4v) is 3.08. The SMILES string of the molecule is Cn1c(NC(=O)c2cnc3sccn3c2=O)nc2ccccc21. The summed E-state index contributed by atoms with van der Waals surface area (Å²) in [7, 11) is 1.80. The Kier molecular flexibility index (Phi) is 2.98. The Balaban J connectivity index is 1.74. The van der Waals surface area contributed by atoms with E-state index in [1.807, 2.05) is 24.3 Å². The normalized spacial score (nSPS) is 11.2. The molecule has 0 spiro atoms. The molecule has 0 saturated carbocycles. The highest BCUT2D eigenvalue weighted by atomic mass is 32.1. The van der Waals surface area contributed by atoms with E-state index in [0.717, 1.165) is 11.0 Å². The molecule has 0 atom stereocenters. The second kappa shape index (κ2) is 5.03. The van der Waals surface area contributed by atoms with Crippen LogP contribution < -0.4 is 10.9 Å². The third kappa shape index (κ3) is 2.11. The van der Waals surface area contributed by atoms with Gasteiger partial charge in [-0.3, -0.25) is 19.3 Å². The first-order chi connectivity index (χ1) is 11.1. The first-order valence-electron chi connectivity index (χ1n) is 6.83. The molecular weight excluding hydrogens is 314 g/mol. The van der Waals surface area contributed by atoms with Gasteiger partial charge in [0, 0.05) is 24.8 Å². The Labute approximate surface area is 133 Å². The molecule has 4 rings (SSSR count). The van der Waals surface area contributed by atoms with Crippen molar-refractivity contribution >= 4 is 39.2 Å². The van der Waals surface area contributed by atoms with Crippen LogP contribution in [-0.4, -0.2) is 24.8 Å². The van der Waals surface area contributed by atoms with Crippen LogP contribution in [0.2, 0.25) is 0 Å². The summed E-state index contributed by atoms with van der Waals surface area (Å²) in [6.45, 7) is 0. The number of amides is 1. The molecule has 0 saturated heterocycles. The minimum atomic E-state index is -0.526. The molecule has 8 heteroatoms. The number of carbonyl (C=O) groups excluding carboxylic acids is 1. The number of thiazole rings is 1. The monoisotopic (exact) mass is 325 g/mol. The van der Waals surface area contributed by atoms with Gasteiger partial charge in [-0.1, -0.05) is 12.1 Å². The van der Waals surface area contributed by atoms with Crippen molar-refractivity contribution < 1.29 is 4.79 Å². The fourth-order valence-electron chi connectivity index (χ4n) is 2.41. The quantitative estimate of drug-likeness (QED) is 0.610. The largest absolute Gasteiger partial charge is 0.313 e. The zero-order valence-electron chi connectivity index (χ0n) is 12.1. The molecular formula is C15H11N5O2S. The number of nitrogens with zero attached hydrogens (tertiary/aromatic N) is 4. The fraction of sp³-hybridized carbons (Fsp3) is 0.0667. The van der Waals surface area contributed by atoms with Gasteiger partial charge in [-0.15, -0.1) is 11.3 Å². The number of benzene rings is 1. The summed E-state index contributed by atoms with van der Waals surface area (Å²) in [5.74, 6) is -0.146. The van der Waals surface area contributed by atoms with Gasteiger partial charge in [0.1, 0.15) is 5.56 Å². The lowest BCUT2D eigenvalue weighted by Crippen LogP contribution is -2.26. The molecule has 23 heavy (non-hydrogen) atoms. The van der Waals surface area contributed by atoms with E-state index in [9.17, 15) is 9.59 Å². The zero-order valence-corrected chi connectivity index (χ0v) is 12.9. The first-order valence-corrected chi connectivity index (χ1v) is 7.71. The van der Waals surface area contributed by atoms with Gasteiger partial charge in [-0.25, -0.2) is 9.97 Å². The summed E-state index contributed by atoms with van der Waals surface area (Å²) >= 11 is 1.33. The predicted molar refractivity (Wildman–Crippen MR) is 88.0 cm³/mol. The molecule has 1 aromatic carbocycles. The van der Waals surface area contributed by atoms with Crippen molar-refractivity contribution in [2.24, 2.45) is 7.05 Å². The summed E-state index contributed by atoms with van der Waals surface area (Å²) < 4.78 is 3.12. The van der Waals surface area contributed by atoms with Crippen LogP contribution in [0.1, 0.15) is 10.4 Å². The number of para-hydroxylation sites is 2. The van der Waals surface area contributed by atoms with Crippen molar-refractivity contribution in [2.75, 3.05) is 5.32 Å². The smallest absolute Gasteiger partial charge is 0.271 e. The van der Waals surface area contributed by atoms with E-state index in [-0.39, 0.29) is 5.56 Å². The van der Waals surface area contributed by atoms with Crippen LogP contribution in [-0.2, 0) is 7.05 Å². The summed E-state index contributed by atoms with van der Waals surface area (Å²) in [6, 6.07) is 7.54. The maximum Gasteiger partial charge on any atom is 0.271 e. The standard InChI is InChI=1S/C15H11N5O2S/c1-19-11-5-3-2-4-10(11)17-14(19)18-12(21)9-8-16-15-20(13(9)22)6-7-23-15/h2-8H,1H3,(H,17,18,21). The van der Waals surface area contributed by atoms with Crippen molar-refractivity contribution in [3.05, 3.63) is 58.0 Å². The van der Waals surface area contributed by atoms with E-state index < -0.39 is 11.5 Å². The second-order valence-corrected chi connectivity index (χ2v) is 5.84. The number of aryl methyl sites for hydroxylation is 1. The summed E-state index contributed by atoms with van der Waals surface area (Å²) in [5, 5.41) is 4.42. The summed E-state index contributed by atoms with van der Waals surface area (Å²) in [6.07, 6.45) is 2.90. The Hall–Kier alpha value is -3.00. The lowest BCUT2D eigenvalue weighted by molar-refractivity contribution is 0.102. The third-order valence-electron chi connectivity index (χ3n) is 3.60. The third-order valence-corrected chi connectivity index (χ3v) is 4.37. The highest BCUT2D eigenvalue weighted by molar-refractivity contribution is 7.15. The molecule has 0 aliphatic heterocycles. The maximum atomic E-state index is 12.4. The first kappa shape index (κ1) is 13.6. The van der Waals surface area contributed by atoms with Gasteiger partial charge in [0.15, 0.2) is 4.96 Å². The molecule has 0 aliphatic carbocycles. The minimum absolute atomic E-state index is 0.0204. The summed E-state index contributed by atoms with van der Waals surface area (Å²) in [4.78, 5) is 33.8. The molecule has 0 aliphatic rings. The minimum Gasteiger partial charge on any atom is -0.313 e. The Morgan fingerprint density at radius 2 is 2.13 bits per heavy atom. The molecule has 114 valence electrons. The van der Waals surface area contributed by atoms with E-state index in [2.05, 4.69) is 15.3 Å².